The Labute approximate surface area is 170 Å². The van der Waals surface area contributed by atoms with Gasteiger partial charge >= 0.3 is 5.76 Å². The highest BCUT2D eigenvalue weighted by Crippen LogP contribution is 2.29. The van der Waals surface area contributed by atoms with Crippen molar-refractivity contribution in [3.8, 4) is 0 Å². The Balaban J connectivity index is 1.42. The molecular weight excluding hydrogens is 366 g/mol. The molecule has 1 aromatic heterocycles. The molecule has 0 radical (unpaired) electrons. The zero-order valence-electron chi connectivity index (χ0n) is 16.9. The SMILES string of the molecule is CC(C)C(CC(=O)N1CCN(c2cccc3[nH]c(=O)oc23)CC1)c1ccccc1. The number of piperazine rings is 1. The van der Waals surface area contributed by atoms with Gasteiger partial charge in [-0.25, -0.2) is 4.79 Å². The number of nitrogens with one attached hydrogen (secondary N) is 1. The first-order chi connectivity index (χ1) is 14.0. The third-order valence-electron chi connectivity index (χ3n) is 5.83. The Morgan fingerprint density at radius 2 is 1.76 bits per heavy atom. The van der Waals surface area contributed by atoms with E-state index in [4.69, 9.17) is 4.42 Å². The van der Waals surface area contributed by atoms with E-state index < -0.39 is 5.76 Å². The van der Waals surface area contributed by atoms with Crippen molar-refractivity contribution in [2.45, 2.75) is 26.2 Å². The van der Waals surface area contributed by atoms with Crippen molar-refractivity contribution in [2.75, 3.05) is 31.1 Å². The van der Waals surface area contributed by atoms with Crippen LogP contribution in [0.1, 0.15) is 31.7 Å². The molecule has 29 heavy (non-hydrogen) atoms. The molecule has 0 aliphatic carbocycles. The van der Waals surface area contributed by atoms with Gasteiger partial charge in [-0.1, -0.05) is 50.2 Å². The summed E-state index contributed by atoms with van der Waals surface area (Å²) in [6, 6.07) is 16.0. The molecule has 1 atom stereocenters. The minimum Gasteiger partial charge on any atom is -0.406 e. The van der Waals surface area contributed by atoms with E-state index in [0.29, 0.717) is 36.5 Å². The highest BCUT2D eigenvalue weighted by Gasteiger charge is 2.26. The Hall–Kier alpha value is -3.02. The lowest BCUT2D eigenvalue weighted by molar-refractivity contribution is -0.132. The van der Waals surface area contributed by atoms with Gasteiger partial charge < -0.3 is 14.2 Å². The van der Waals surface area contributed by atoms with Gasteiger partial charge in [0.1, 0.15) is 0 Å². The van der Waals surface area contributed by atoms with Crippen LogP contribution >= 0.6 is 0 Å². The van der Waals surface area contributed by atoms with Crippen LogP contribution < -0.4 is 10.7 Å². The molecule has 2 aromatic carbocycles. The van der Waals surface area contributed by atoms with Crippen molar-refractivity contribution in [1.29, 1.82) is 0 Å². The third-order valence-corrected chi connectivity index (χ3v) is 5.83. The minimum atomic E-state index is -0.443. The van der Waals surface area contributed by atoms with Gasteiger partial charge in [0.25, 0.3) is 0 Å². The molecule has 1 saturated heterocycles. The van der Waals surface area contributed by atoms with E-state index in [2.05, 4.69) is 35.9 Å². The Morgan fingerprint density at radius 3 is 2.45 bits per heavy atom. The number of para-hydroxylation sites is 1. The molecule has 3 aromatic rings. The Morgan fingerprint density at radius 1 is 1.03 bits per heavy atom. The zero-order chi connectivity index (χ0) is 20.4. The number of H-pyrrole nitrogens is 1. The number of benzene rings is 2. The molecule has 1 aliphatic rings. The summed E-state index contributed by atoms with van der Waals surface area (Å²) in [5.41, 5.74) is 3.41. The van der Waals surface area contributed by atoms with Crippen molar-refractivity contribution in [3.63, 3.8) is 0 Å². The topological polar surface area (TPSA) is 69.6 Å². The number of rotatable bonds is 5. The molecule has 1 N–H and O–H groups in total. The first-order valence-corrected chi connectivity index (χ1v) is 10.2. The predicted octanol–water partition coefficient (Wildman–Crippen LogP) is 3.60. The molecule has 0 bridgehead atoms. The fourth-order valence-corrected chi connectivity index (χ4v) is 4.16. The van der Waals surface area contributed by atoms with Gasteiger partial charge in [-0.05, 0) is 29.5 Å². The van der Waals surface area contributed by atoms with Crippen LogP contribution in [0.15, 0.2) is 57.7 Å². The summed E-state index contributed by atoms with van der Waals surface area (Å²) in [6.45, 7) is 7.13. The van der Waals surface area contributed by atoms with E-state index in [1.54, 1.807) is 0 Å². The number of aromatic nitrogens is 1. The van der Waals surface area contributed by atoms with E-state index in [1.165, 1.54) is 5.56 Å². The van der Waals surface area contributed by atoms with Gasteiger partial charge in [-0.15, -0.1) is 0 Å². The predicted molar refractivity (Wildman–Crippen MR) is 114 cm³/mol. The molecule has 2 heterocycles. The molecule has 1 unspecified atom stereocenters. The highest BCUT2D eigenvalue weighted by molar-refractivity contribution is 5.86. The van der Waals surface area contributed by atoms with Crippen LogP contribution in [0.5, 0.6) is 0 Å². The number of amides is 1. The summed E-state index contributed by atoms with van der Waals surface area (Å²) >= 11 is 0. The maximum atomic E-state index is 13.0. The zero-order valence-corrected chi connectivity index (χ0v) is 16.9. The number of oxazole rings is 1. The first-order valence-electron chi connectivity index (χ1n) is 10.2. The number of hydrogen-bond acceptors (Lipinski definition) is 4. The second kappa shape index (κ2) is 8.15. The molecule has 0 spiro atoms. The lowest BCUT2D eigenvalue weighted by Crippen LogP contribution is -2.49. The average molecular weight is 393 g/mol. The number of carbonyl (C=O) groups excluding carboxylic acids is 1. The van der Waals surface area contributed by atoms with Crippen molar-refractivity contribution in [2.24, 2.45) is 5.92 Å². The summed E-state index contributed by atoms with van der Waals surface area (Å²) in [7, 11) is 0. The van der Waals surface area contributed by atoms with Gasteiger partial charge in [0.2, 0.25) is 5.91 Å². The number of carbonyl (C=O) groups is 1. The number of fused-ring (bicyclic) bond motifs is 1. The summed E-state index contributed by atoms with van der Waals surface area (Å²) in [5.74, 6) is 0.391. The molecule has 6 heteroatoms. The second-order valence-corrected chi connectivity index (χ2v) is 8.00. The van der Waals surface area contributed by atoms with Crippen LogP contribution in [0.4, 0.5) is 5.69 Å². The van der Waals surface area contributed by atoms with Crippen molar-refractivity contribution < 1.29 is 9.21 Å². The highest BCUT2D eigenvalue weighted by atomic mass is 16.4. The van der Waals surface area contributed by atoms with E-state index in [-0.39, 0.29) is 11.8 Å². The number of hydrogen-bond donors (Lipinski definition) is 1. The summed E-state index contributed by atoms with van der Waals surface area (Å²) in [5, 5.41) is 0. The van der Waals surface area contributed by atoms with Crippen molar-refractivity contribution in [3.05, 3.63) is 64.6 Å². The van der Waals surface area contributed by atoms with Crippen LogP contribution in [0.3, 0.4) is 0 Å². The van der Waals surface area contributed by atoms with Crippen LogP contribution in [0, 0.1) is 5.92 Å². The maximum absolute atomic E-state index is 13.0. The molecule has 1 fully saturated rings. The lowest BCUT2D eigenvalue weighted by atomic mass is 9.85. The molecular formula is C23H27N3O3. The number of aromatic amines is 1. The first kappa shape index (κ1) is 19.3. The second-order valence-electron chi connectivity index (χ2n) is 8.00. The molecule has 0 saturated carbocycles. The van der Waals surface area contributed by atoms with Crippen molar-refractivity contribution >= 4 is 22.7 Å². The van der Waals surface area contributed by atoms with Crippen molar-refractivity contribution in [1.82, 2.24) is 9.88 Å². The average Bonchev–Trinajstić information content (AvgIpc) is 3.12. The lowest BCUT2D eigenvalue weighted by Gasteiger charge is -2.37. The van der Waals surface area contributed by atoms with E-state index in [0.717, 1.165) is 18.8 Å². The number of anilines is 1. The largest absolute Gasteiger partial charge is 0.417 e. The molecule has 4 rings (SSSR count). The minimum absolute atomic E-state index is 0.207. The summed E-state index contributed by atoms with van der Waals surface area (Å²) in [6.07, 6.45) is 0.532. The fraction of sp³-hybridized carbons (Fsp3) is 0.391. The van der Waals surface area contributed by atoms with Crippen LogP contribution in [0.2, 0.25) is 0 Å². The van der Waals surface area contributed by atoms with Gasteiger partial charge in [0.05, 0.1) is 11.2 Å². The Kier molecular flexibility index (Phi) is 5.43. The Bertz CT molecular complexity index is 1030. The van der Waals surface area contributed by atoms with Gasteiger partial charge in [0, 0.05) is 32.6 Å². The van der Waals surface area contributed by atoms with Crippen LogP contribution in [0.25, 0.3) is 11.1 Å². The third kappa shape index (κ3) is 4.06. The standard InChI is InChI=1S/C23H27N3O3/c1-16(2)18(17-7-4-3-5-8-17)15-21(27)26-13-11-25(12-14-26)20-10-6-9-19-22(20)29-23(28)24-19/h3-10,16,18H,11-15H2,1-2H3,(H,24,28). The summed E-state index contributed by atoms with van der Waals surface area (Å²) in [4.78, 5) is 31.4. The molecule has 1 aliphatic heterocycles. The van der Waals surface area contributed by atoms with Gasteiger partial charge in [-0.2, -0.15) is 0 Å². The molecule has 6 nitrogen and oxygen atoms in total. The van der Waals surface area contributed by atoms with Crippen LogP contribution in [-0.2, 0) is 4.79 Å². The van der Waals surface area contributed by atoms with E-state index in [1.807, 2.05) is 41.3 Å². The normalized spacial score (nSPS) is 15.8. The van der Waals surface area contributed by atoms with Gasteiger partial charge in [0.15, 0.2) is 5.58 Å². The van der Waals surface area contributed by atoms with E-state index in [9.17, 15) is 9.59 Å². The van der Waals surface area contributed by atoms with Crippen LogP contribution in [-0.4, -0.2) is 42.0 Å². The summed E-state index contributed by atoms with van der Waals surface area (Å²) < 4.78 is 5.32. The smallest absolute Gasteiger partial charge is 0.406 e. The molecule has 152 valence electrons. The maximum Gasteiger partial charge on any atom is 0.417 e. The quantitative estimate of drug-likeness (QED) is 0.719. The van der Waals surface area contributed by atoms with Gasteiger partial charge in [-0.3, -0.25) is 9.78 Å². The molecule has 1 amide bonds. The van der Waals surface area contributed by atoms with E-state index >= 15 is 0 Å². The monoisotopic (exact) mass is 393 g/mol. The fourth-order valence-electron chi connectivity index (χ4n) is 4.16. The number of nitrogens with zero attached hydrogens (tertiary/aromatic N) is 2.